The minimum Gasteiger partial charge on any atom is -0.333 e. The van der Waals surface area contributed by atoms with Gasteiger partial charge >= 0.3 is 0 Å². The van der Waals surface area contributed by atoms with E-state index in [0.717, 1.165) is 45.4 Å². The maximum Gasteiger partial charge on any atom is 0.122 e. The Morgan fingerprint density at radius 2 is 2.29 bits per heavy atom. The zero-order valence-corrected chi connectivity index (χ0v) is 12.9. The number of rotatable bonds is 7. The molecule has 1 saturated carbocycles. The average molecular weight is 287 g/mol. The molecule has 21 heavy (non-hydrogen) atoms. The zero-order chi connectivity index (χ0) is 14.7. The van der Waals surface area contributed by atoms with Crippen LogP contribution in [0.15, 0.2) is 12.4 Å². The van der Waals surface area contributed by atoms with Gasteiger partial charge in [0.15, 0.2) is 0 Å². The van der Waals surface area contributed by atoms with Gasteiger partial charge in [-0.05, 0) is 45.6 Å². The fraction of sp³-hybridized carbons (Fsp3) is 0.750. The van der Waals surface area contributed by atoms with Gasteiger partial charge in [0.25, 0.3) is 0 Å². The van der Waals surface area contributed by atoms with E-state index < -0.39 is 0 Å². The molecule has 1 aromatic heterocycles. The van der Waals surface area contributed by atoms with Crippen molar-refractivity contribution in [2.75, 3.05) is 13.1 Å². The maximum atomic E-state index is 9.36. The van der Waals surface area contributed by atoms with Gasteiger partial charge in [0.2, 0.25) is 0 Å². The van der Waals surface area contributed by atoms with Crippen molar-refractivity contribution < 1.29 is 0 Å². The molecule has 1 N–H and O–H groups in total. The molecule has 2 aliphatic rings. The summed E-state index contributed by atoms with van der Waals surface area (Å²) in [5.74, 6) is 1.18. The second-order valence-electron chi connectivity index (χ2n) is 6.63. The maximum absolute atomic E-state index is 9.36. The lowest BCUT2D eigenvalue weighted by Gasteiger charge is -2.28. The van der Waals surface area contributed by atoms with Crippen LogP contribution < -0.4 is 5.32 Å². The van der Waals surface area contributed by atoms with E-state index in [9.17, 15) is 5.26 Å². The summed E-state index contributed by atoms with van der Waals surface area (Å²) in [5.41, 5.74) is -0.334. The Morgan fingerprint density at radius 1 is 1.43 bits per heavy atom. The molecular formula is C16H25N5. The molecule has 1 unspecified atom stereocenters. The normalized spacial score (nSPS) is 21.5. The molecule has 5 heteroatoms. The van der Waals surface area contributed by atoms with Crippen LogP contribution in [0.4, 0.5) is 0 Å². The van der Waals surface area contributed by atoms with Crippen LogP contribution in [-0.4, -0.2) is 39.1 Å². The third-order valence-corrected chi connectivity index (χ3v) is 4.57. The molecule has 0 aromatic carbocycles. The van der Waals surface area contributed by atoms with Crippen molar-refractivity contribution in [3.63, 3.8) is 0 Å². The molecular weight excluding hydrogens is 262 g/mol. The van der Waals surface area contributed by atoms with Gasteiger partial charge in [-0.2, -0.15) is 5.26 Å². The van der Waals surface area contributed by atoms with Gasteiger partial charge in [-0.15, -0.1) is 0 Å². The molecule has 1 fully saturated rings. The molecule has 0 radical (unpaired) electrons. The highest BCUT2D eigenvalue weighted by molar-refractivity contribution is 5.07. The van der Waals surface area contributed by atoms with Gasteiger partial charge < -0.3 is 4.57 Å². The first kappa shape index (κ1) is 14.6. The molecule has 0 saturated heterocycles. The minimum absolute atomic E-state index is 0.334. The monoisotopic (exact) mass is 287 g/mol. The van der Waals surface area contributed by atoms with E-state index in [1.807, 2.05) is 13.1 Å². The van der Waals surface area contributed by atoms with Crippen LogP contribution in [0, 0.1) is 11.3 Å². The van der Waals surface area contributed by atoms with E-state index in [4.69, 9.17) is 0 Å². The standard InChI is InChI=1S/C16H25N5/c1-16(13-17,19-14-4-5-14)6-2-3-8-20-10-11-21-9-7-18-15(21)12-20/h7,9,14,19H,2-6,8,10-12H2,1H3. The number of fused-ring (bicyclic) bond motifs is 1. The average Bonchev–Trinajstić information content (AvgIpc) is 3.17. The van der Waals surface area contributed by atoms with Crippen LogP contribution in [0.3, 0.4) is 0 Å². The molecule has 1 aliphatic carbocycles. The molecule has 0 amide bonds. The Balaban J connectivity index is 1.37. The van der Waals surface area contributed by atoms with Gasteiger partial charge in [-0.3, -0.25) is 10.2 Å². The van der Waals surface area contributed by atoms with Crippen LogP contribution in [0.2, 0.25) is 0 Å². The molecule has 3 rings (SSSR count). The van der Waals surface area contributed by atoms with Crippen molar-refractivity contribution in [3.05, 3.63) is 18.2 Å². The van der Waals surface area contributed by atoms with Gasteiger partial charge in [-0.1, -0.05) is 0 Å². The van der Waals surface area contributed by atoms with Crippen molar-refractivity contribution in [2.45, 2.75) is 63.7 Å². The van der Waals surface area contributed by atoms with Crippen molar-refractivity contribution in [3.8, 4) is 6.07 Å². The van der Waals surface area contributed by atoms with Crippen LogP contribution in [-0.2, 0) is 13.1 Å². The summed E-state index contributed by atoms with van der Waals surface area (Å²) in [5, 5.41) is 12.8. The van der Waals surface area contributed by atoms with E-state index >= 15 is 0 Å². The summed E-state index contributed by atoms with van der Waals surface area (Å²) in [6, 6.07) is 3.05. The largest absolute Gasteiger partial charge is 0.333 e. The number of nitriles is 1. The van der Waals surface area contributed by atoms with E-state index in [2.05, 4.69) is 32.0 Å². The molecule has 1 atom stereocenters. The Bertz CT molecular complexity index is 513. The first-order chi connectivity index (χ1) is 10.2. The van der Waals surface area contributed by atoms with Crippen molar-refractivity contribution in [2.24, 2.45) is 0 Å². The van der Waals surface area contributed by atoms with Crippen molar-refractivity contribution >= 4 is 0 Å². The third-order valence-electron chi connectivity index (χ3n) is 4.57. The Kier molecular flexibility index (Phi) is 4.27. The Labute approximate surface area is 127 Å². The third kappa shape index (κ3) is 3.84. The summed E-state index contributed by atoms with van der Waals surface area (Å²) >= 11 is 0. The highest BCUT2D eigenvalue weighted by atomic mass is 15.2. The number of nitrogens with one attached hydrogen (secondary N) is 1. The van der Waals surface area contributed by atoms with Crippen molar-refractivity contribution in [1.82, 2.24) is 19.8 Å². The predicted molar refractivity (Wildman–Crippen MR) is 81.5 cm³/mol. The minimum atomic E-state index is -0.334. The quantitative estimate of drug-likeness (QED) is 0.778. The highest BCUT2D eigenvalue weighted by Gasteiger charge is 2.31. The number of aromatic nitrogens is 2. The van der Waals surface area contributed by atoms with Gasteiger partial charge in [-0.25, -0.2) is 4.98 Å². The summed E-state index contributed by atoms with van der Waals surface area (Å²) in [4.78, 5) is 6.87. The predicted octanol–water partition coefficient (Wildman–Crippen LogP) is 1.90. The highest BCUT2D eigenvalue weighted by Crippen LogP contribution is 2.24. The fourth-order valence-electron chi connectivity index (χ4n) is 3.07. The van der Waals surface area contributed by atoms with Crippen LogP contribution in [0.1, 0.15) is 44.9 Å². The van der Waals surface area contributed by atoms with Gasteiger partial charge in [0, 0.05) is 31.5 Å². The van der Waals surface area contributed by atoms with Gasteiger partial charge in [0.05, 0.1) is 12.6 Å². The van der Waals surface area contributed by atoms with E-state index in [1.165, 1.54) is 18.7 Å². The first-order valence-corrected chi connectivity index (χ1v) is 8.10. The summed E-state index contributed by atoms with van der Waals surface area (Å²) < 4.78 is 2.24. The van der Waals surface area contributed by atoms with Crippen LogP contribution in [0.25, 0.3) is 0 Å². The molecule has 5 nitrogen and oxygen atoms in total. The number of nitrogens with zero attached hydrogens (tertiary/aromatic N) is 4. The molecule has 0 spiro atoms. The second-order valence-corrected chi connectivity index (χ2v) is 6.63. The molecule has 114 valence electrons. The smallest absolute Gasteiger partial charge is 0.122 e. The zero-order valence-electron chi connectivity index (χ0n) is 12.9. The number of unbranched alkanes of at least 4 members (excludes halogenated alkanes) is 1. The fourth-order valence-corrected chi connectivity index (χ4v) is 3.07. The lowest BCUT2D eigenvalue weighted by Crippen LogP contribution is -2.42. The summed E-state index contributed by atoms with van der Waals surface area (Å²) in [6.45, 7) is 6.28. The first-order valence-electron chi connectivity index (χ1n) is 8.10. The summed E-state index contributed by atoms with van der Waals surface area (Å²) in [7, 11) is 0. The molecule has 1 aromatic rings. The molecule has 1 aliphatic heterocycles. The Hall–Kier alpha value is -1.38. The van der Waals surface area contributed by atoms with Crippen LogP contribution in [0.5, 0.6) is 0 Å². The van der Waals surface area contributed by atoms with E-state index in [-0.39, 0.29) is 5.54 Å². The number of imidazole rings is 1. The topological polar surface area (TPSA) is 56.9 Å². The van der Waals surface area contributed by atoms with Crippen LogP contribution >= 0.6 is 0 Å². The number of hydrogen-bond acceptors (Lipinski definition) is 4. The number of hydrogen-bond donors (Lipinski definition) is 1. The molecule has 2 heterocycles. The lowest BCUT2D eigenvalue weighted by molar-refractivity contribution is 0.210. The molecule has 0 bridgehead atoms. The lowest BCUT2D eigenvalue weighted by atomic mass is 9.96. The second kappa shape index (κ2) is 6.17. The Morgan fingerprint density at radius 3 is 3.05 bits per heavy atom. The van der Waals surface area contributed by atoms with E-state index in [1.54, 1.807) is 0 Å². The van der Waals surface area contributed by atoms with E-state index in [0.29, 0.717) is 6.04 Å². The SMILES string of the molecule is CC(C#N)(CCCCN1CCn2ccnc2C1)NC1CC1. The van der Waals surface area contributed by atoms with Gasteiger partial charge in [0.1, 0.15) is 11.4 Å². The van der Waals surface area contributed by atoms with Crippen molar-refractivity contribution in [1.29, 1.82) is 5.26 Å². The summed E-state index contributed by atoms with van der Waals surface area (Å²) in [6.07, 6.45) is 9.63.